The highest BCUT2D eigenvalue weighted by Crippen LogP contribution is 2.38. The van der Waals surface area contributed by atoms with Crippen LogP contribution in [0.4, 0.5) is 0 Å². The number of nitrogens with zero attached hydrogens (tertiary/aromatic N) is 1. The van der Waals surface area contributed by atoms with E-state index in [9.17, 15) is 19.0 Å². The summed E-state index contributed by atoms with van der Waals surface area (Å²) in [6, 6.07) is 0. The summed E-state index contributed by atoms with van der Waals surface area (Å²) in [6.07, 6.45) is 50.3. The third-order valence-electron chi connectivity index (χ3n) is 8.90. The Hall–Kier alpha value is -2.81. The van der Waals surface area contributed by atoms with Crippen molar-refractivity contribution in [1.29, 1.82) is 0 Å². The summed E-state index contributed by atoms with van der Waals surface area (Å²) >= 11 is 0. The van der Waals surface area contributed by atoms with E-state index in [-0.39, 0.29) is 26.1 Å². The van der Waals surface area contributed by atoms with Gasteiger partial charge in [0.1, 0.15) is 19.8 Å². The first-order valence-electron chi connectivity index (χ1n) is 22.3. The van der Waals surface area contributed by atoms with Crippen LogP contribution in [0.5, 0.6) is 0 Å². The number of phosphoric acid groups is 1. The second kappa shape index (κ2) is 39.6. The molecule has 0 amide bonds. The van der Waals surface area contributed by atoms with E-state index in [1.807, 2.05) is 21.1 Å². The second-order valence-corrected chi connectivity index (χ2v) is 17.1. The first-order valence-corrected chi connectivity index (χ1v) is 23.8. The van der Waals surface area contributed by atoms with Gasteiger partial charge in [-0.1, -0.05) is 137 Å². The van der Waals surface area contributed by atoms with Gasteiger partial charge in [-0.3, -0.25) is 14.2 Å². The fourth-order valence-corrected chi connectivity index (χ4v) is 6.14. The Morgan fingerprint density at radius 1 is 0.552 bits per heavy atom. The number of likely N-dealkylation sites (N-methyl/N-ethyl adjacent to an activating group) is 1. The van der Waals surface area contributed by atoms with Crippen molar-refractivity contribution in [2.75, 3.05) is 47.5 Å². The van der Waals surface area contributed by atoms with Crippen molar-refractivity contribution in [3.63, 3.8) is 0 Å². The molecule has 58 heavy (non-hydrogen) atoms. The van der Waals surface area contributed by atoms with Crippen molar-refractivity contribution >= 4 is 19.8 Å². The van der Waals surface area contributed by atoms with Crippen LogP contribution >= 0.6 is 7.82 Å². The smallest absolute Gasteiger partial charge is 0.306 e. The third-order valence-corrected chi connectivity index (χ3v) is 9.86. The van der Waals surface area contributed by atoms with Gasteiger partial charge < -0.3 is 27.9 Å². The number of phosphoric ester groups is 1. The quantitative estimate of drug-likeness (QED) is 0.0198. The zero-order valence-corrected chi connectivity index (χ0v) is 38.1. The zero-order chi connectivity index (χ0) is 42.8. The number of rotatable bonds is 39. The van der Waals surface area contributed by atoms with Crippen molar-refractivity contribution in [2.24, 2.45) is 0 Å². The number of ether oxygens (including phenoxy) is 2. The Kier molecular flexibility index (Phi) is 37.7. The molecule has 9 nitrogen and oxygen atoms in total. The van der Waals surface area contributed by atoms with Crippen LogP contribution < -0.4 is 4.89 Å². The maximum atomic E-state index is 12.7. The number of hydrogen-bond donors (Lipinski definition) is 0. The number of esters is 2. The van der Waals surface area contributed by atoms with E-state index in [0.717, 1.165) is 89.9 Å². The minimum Gasteiger partial charge on any atom is -0.756 e. The molecule has 0 spiro atoms. The summed E-state index contributed by atoms with van der Waals surface area (Å²) in [7, 11) is 1.12. The van der Waals surface area contributed by atoms with Gasteiger partial charge in [-0.2, -0.15) is 0 Å². The van der Waals surface area contributed by atoms with E-state index in [4.69, 9.17) is 18.5 Å². The average Bonchev–Trinajstić information content (AvgIpc) is 3.17. The summed E-state index contributed by atoms with van der Waals surface area (Å²) in [5.41, 5.74) is 0. The van der Waals surface area contributed by atoms with Gasteiger partial charge in [-0.05, 0) is 89.9 Å². The number of allylic oxidation sites excluding steroid dienone is 14. The van der Waals surface area contributed by atoms with Crippen LogP contribution in [0.2, 0.25) is 0 Å². The van der Waals surface area contributed by atoms with Gasteiger partial charge in [0.05, 0.1) is 27.7 Å². The fraction of sp³-hybridized carbons (Fsp3) is 0.667. The second-order valence-electron chi connectivity index (χ2n) is 15.7. The molecule has 0 bridgehead atoms. The van der Waals surface area contributed by atoms with Crippen LogP contribution in [0.1, 0.15) is 155 Å². The molecule has 0 saturated heterocycles. The highest BCUT2D eigenvalue weighted by molar-refractivity contribution is 7.45. The fourth-order valence-electron chi connectivity index (χ4n) is 5.41. The molecule has 0 aliphatic carbocycles. The summed E-state index contributed by atoms with van der Waals surface area (Å²) in [4.78, 5) is 37.5. The van der Waals surface area contributed by atoms with Crippen molar-refractivity contribution in [3.05, 3.63) is 85.1 Å². The number of unbranched alkanes of at least 4 members (excludes halogenated alkanes) is 11. The minimum absolute atomic E-state index is 0.0447. The van der Waals surface area contributed by atoms with Crippen molar-refractivity contribution < 1.29 is 42.1 Å². The first-order chi connectivity index (χ1) is 28.0. The van der Waals surface area contributed by atoms with Crippen LogP contribution in [0, 0.1) is 0 Å². The molecule has 0 aliphatic heterocycles. The molecule has 0 radical (unpaired) electrons. The Balaban J connectivity index is 4.47. The minimum atomic E-state index is -4.64. The number of hydrogen-bond acceptors (Lipinski definition) is 8. The zero-order valence-electron chi connectivity index (χ0n) is 37.2. The maximum absolute atomic E-state index is 12.7. The van der Waals surface area contributed by atoms with Crippen LogP contribution in [0.15, 0.2) is 85.1 Å². The van der Waals surface area contributed by atoms with E-state index in [0.29, 0.717) is 23.9 Å². The molecule has 10 heteroatoms. The van der Waals surface area contributed by atoms with Gasteiger partial charge in [-0.15, -0.1) is 0 Å². The van der Waals surface area contributed by atoms with E-state index < -0.39 is 32.5 Å². The Bertz CT molecular complexity index is 1260. The number of quaternary nitrogens is 1. The van der Waals surface area contributed by atoms with Crippen molar-refractivity contribution in [1.82, 2.24) is 0 Å². The normalized spacial score (nSPS) is 14.4. The SMILES string of the molecule is CC/C=C\C/C=C\C/C=C\C/C=C\C/C=C\CCCCCC(=O)OC(COC(=O)CCCCCCC/C=C\C/C=C\CCCCC)COP(=O)([O-])OCC[N+](C)(C)C. The Labute approximate surface area is 354 Å². The lowest BCUT2D eigenvalue weighted by Gasteiger charge is -2.28. The summed E-state index contributed by atoms with van der Waals surface area (Å²) < 4.78 is 33.9. The molecule has 0 saturated carbocycles. The molecule has 2 atom stereocenters. The first kappa shape index (κ1) is 55.2. The average molecular weight is 832 g/mol. The maximum Gasteiger partial charge on any atom is 0.306 e. The predicted molar refractivity (Wildman–Crippen MR) is 240 cm³/mol. The lowest BCUT2D eigenvalue weighted by atomic mass is 10.1. The molecule has 0 aliphatic rings. The van der Waals surface area contributed by atoms with Crippen molar-refractivity contribution in [2.45, 2.75) is 161 Å². The standard InChI is InChI=1S/C48H82NO8P/c1-6-8-10-12-14-16-18-20-22-23-24-25-27-29-31-33-35-37-39-41-48(51)57-46(45-56-58(52,53)55-43-42-49(3,4)5)44-54-47(50)40-38-36-34-32-30-28-26-21-19-17-15-13-11-9-7-2/h8,10,14-17,20-22,24-26,29,31,46H,6-7,9,11-13,18-19,23,27-28,30,32-45H2,1-5H3/b10-8-,16-14-,17-15-,22-20-,25-24-,26-21-,31-29-. The molecule has 0 aromatic rings. The third kappa shape index (κ3) is 42.8. The molecule has 0 aromatic heterocycles. The largest absolute Gasteiger partial charge is 0.756 e. The van der Waals surface area contributed by atoms with Gasteiger partial charge in [0, 0.05) is 12.8 Å². The highest BCUT2D eigenvalue weighted by Gasteiger charge is 2.21. The molecule has 0 N–H and O–H groups in total. The summed E-state index contributed by atoms with van der Waals surface area (Å²) in [5, 5.41) is 0. The summed E-state index contributed by atoms with van der Waals surface area (Å²) in [5.74, 6) is -0.897. The highest BCUT2D eigenvalue weighted by atomic mass is 31.2. The van der Waals surface area contributed by atoms with Gasteiger partial charge in [0.25, 0.3) is 7.82 Å². The molecule has 0 rings (SSSR count). The van der Waals surface area contributed by atoms with Gasteiger partial charge in [0.15, 0.2) is 6.10 Å². The molecule has 0 fully saturated rings. The summed E-state index contributed by atoms with van der Waals surface area (Å²) in [6.45, 7) is 4.01. The van der Waals surface area contributed by atoms with E-state index in [2.05, 4.69) is 98.9 Å². The van der Waals surface area contributed by atoms with Gasteiger partial charge in [-0.25, -0.2) is 0 Å². The Morgan fingerprint density at radius 3 is 1.48 bits per heavy atom. The number of carbonyl (C=O) groups excluding carboxylic acids is 2. The lowest BCUT2D eigenvalue weighted by molar-refractivity contribution is -0.870. The van der Waals surface area contributed by atoms with Crippen molar-refractivity contribution in [3.8, 4) is 0 Å². The topological polar surface area (TPSA) is 111 Å². The molecular formula is C48H82NO8P. The molecule has 0 aromatic carbocycles. The van der Waals surface area contributed by atoms with E-state index in [1.54, 1.807) is 0 Å². The molecular weight excluding hydrogens is 750 g/mol. The molecule has 332 valence electrons. The van der Waals surface area contributed by atoms with Gasteiger partial charge in [0.2, 0.25) is 0 Å². The van der Waals surface area contributed by atoms with E-state index >= 15 is 0 Å². The predicted octanol–water partition coefficient (Wildman–Crippen LogP) is 12.2. The molecule has 2 unspecified atom stereocenters. The van der Waals surface area contributed by atoms with Crippen LogP contribution in [0.3, 0.4) is 0 Å². The van der Waals surface area contributed by atoms with Crippen LogP contribution in [-0.2, 0) is 32.7 Å². The Morgan fingerprint density at radius 2 is 0.983 bits per heavy atom. The van der Waals surface area contributed by atoms with E-state index in [1.165, 1.54) is 25.7 Å². The monoisotopic (exact) mass is 832 g/mol. The van der Waals surface area contributed by atoms with Gasteiger partial charge >= 0.3 is 11.9 Å². The van der Waals surface area contributed by atoms with Crippen LogP contribution in [0.25, 0.3) is 0 Å². The lowest BCUT2D eigenvalue weighted by Crippen LogP contribution is -2.37. The van der Waals surface area contributed by atoms with Crippen LogP contribution in [-0.4, -0.2) is 70.0 Å². The number of carbonyl (C=O) groups is 2. The molecule has 0 heterocycles.